The van der Waals surface area contributed by atoms with Gasteiger partial charge in [-0.2, -0.15) is 0 Å². The lowest BCUT2D eigenvalue weighted by Crippen LogP contribution is -2.38. The van der Waals surface area contributed by atoms with E-state index in [1.807, 2.05) is 53.7 Å². The summed E-state index contributed by atoms with van der Waals surface area (Å²) in [5.41, 5.74) is 1.60. The number of ether oxygens (including phenoxy) is 2. The number of likely N-dealkylation sites (tertiary alicyclic amines) is 1. The maximum absolute atomic E-state index is 13.4. The zero-order chi connectivity index (χ0) is 21.0. The first kappa shape index (κ1) is 19.6. The van der Waals surface area contributed by atoms with Crippen LogP contribution in [0.1, 0.15) is 28.8 Å². The van der Waals surface area contributed by atoms with Crippen LogP contribution >= 0.6 is 0 Å². The van der Waals surface area contributed by atoms with E-state index in [1.54, 1.807) is 10.9 Å². The zero-order valence-corrected chi connectivity index (χ0v) is 17.4. The fraction of sp³-hybridized carbons (Fsp3) is 0.348. The summed E-state index contributed by atoms with van der Waals surface area (Å²) in [7, 11) is 0. The Bertz CT molecular complexity index is 1030. The molecule has 1 amide bonds. The first-order valence-corrected chi connectivity index (χ1v) is 10.7. The highest BCUT2D eigenvalue weighted by atomic mass is 16.7. The predicted octanol–water partition coefficient (Wildman–Crippen LogP) is 2.15. The molecule has 0 bridgehead atoms. The molecule has 3 aromatic rings. The summed E-state index contributed by atoms with van der Waals surface area (Å²) in [6.07, 6.45) is 7.82. The lowest BCUT2D eigenvalue weighted by Gasteiger charge is -2.25. The second-order valence-electron chi connectivity index (χ2n) is 7.88. The number of benzene rings is 1. The van der Waals surface area contributed by atoms with E-state index < -0.39 is 0 Å². The third-order valence-corrected chi connectivity index (χ3v) is 5.77. The molecule has 1 saturated heterocycles. The van der Waals surface area contributed by atoms with Crippen molar-refractivity contribution in [3.05, 3.63) is 66.1 Å². The van der Waals surface area contributed by atoms with Gasteiger partial charge in [-0.15, -0.1) is 4.68 Å². The highest BCUT2D eigenvalue weighted by molar-refractivity contribution is 5.94. The molecule has 0 radical (unpaired) electrons. The molecule has 8 nitrogen and oxygen atoms in total. The van der Waals surface area contributed by atoms with E-state index in [2.05, 4.69) is 15.0 Å². The van der Waals surface area contributed by atoms with Crippen molar-refractivity contribution in [1.82, 2.24) is 19.9 Å². The minimum Gasteiger partial charge on any atom is -0.454 e. The molecule has 0 aliphatic carbocycles. The van der Waals surface area contributed by atoms with E-state index in [0.29, 0.717) is 18.7 Å². The van der Waals surface area contributed by atoms with Gasteiger partial charge in [0.1, 0.15) is 6.20 Å². The van der Waals surface area contributed by atoms with Crippen molar-refractivity contribution in [2.45, 2.75) is 19.4 Å². The Balaban J connectivity index is 1.34. The third-order valence-electron chi connectivity index (χ3n) is 5.77. The number of rotatable bonds is 7. The van der Waals surface area contributed by atoms with Gasteiger partial charge in [0.2, 0.25) is 6.79 Å². The van der Waals surface area contributed by atoms with Gasteiger partial charge in [-0.25, -0.2) is 5.10 Å². The van der Waals surface area contributed by atoms with E-state index in [9.17, 15) is 4.79 Å². The first-order valence-electron chi connectivity index (χ1n) is 10.7. The van der Waals surface area contributed by atoms with Crippen LogP contribution in [0.4, 0.5) is 0 Å². The van der Waals surface area contributed by atoms with Crippen molar-refractivity contribution < 1.29 is 19.0 Å². The number of nitrogens with zero attached hydrogens (tertiary/aromatic N) is 4. The summed E-state index contributed by atoms with van der Waals surface area (Å²) in [6.45, 7) is 4.51. The van der Waals surface area contributed by atoms with Gasteiger partial charge in [0.15, 0.2) is 17.7 Å². The Morgan fingerprint density at radius 2 is 2.03 bits per heavy atom. The smallest absolute Gasteiger partial charge is 0.346 e. The number of H-pyrrole nitrogens is 1. The Hall–Kier alpha value is -3.39. The maximum atomic E-state index is 13.4. The van der Waals surface area contributed by atoms with Gasteiger partial charge in [-0.1, -0.05) is 6.07 Å². The maximum Gasteiger partial charge on any atom is 0.346 e. The van der Waals surface area contributed by atoms with Crippen LogP contribution in [0, 0.1) is 0 Å². The number of hydrogen-bond donors (Lipinski definition) is 1. The normalized spacial score (nSPS) is 15.4. The highest BCUT2D eigenvalue weighted by Crippen LogP contribution is 2.33. The van der Waals surface area contributed by atoms with E-state index in [0.717, 1.165) is 42.5 Å². The van der Waals surface area contributed by atoms with Crippen LogP contribution in [0.15, 0.2) is 55.0 Å². The van der Waals surface area contributed by atoms with E-state index in [4.69, 9.17) is 9.47 Å². The Kier molecular flexibility index (Phi) is 5.54. The van der Waals surface area contributed by atoms with Crippen LogP contribution < -0.4 is 14.2 Å². The van der Waals surface area contributed by atoms with Crippen molar-refractivity contribution in [2.75, 3.05) is 33.0 Å². The summed E-state index contributed by atoms with van der Waals surface area (Å²) in [5.74, 6) is 2.20. The largest absolute Gasteiger partial charge is 0.454 e. The fourth-order valence-electron chi connectivity index (χ4n) is 4.06. The SMILES string of the molecule is O=C(c1ccc(-[n+]2ccc[nH]2)nc1)N(CCN1CCCC1)Cc1ccc2c(c1)OCO2. The average molecular weight is 420 g/mol. The van der Waals surface area contributed by atoms with E-state index >= 15 is 0 Å². The van der Waals surface area contributed by atoms with Gasteiger partial charge in [0, 0.05) is 31.9 Å². The molecule has 0 atom stereocenters. The summed E-state index contributed by atoms with van der Waals surface area (Å²) < 4.78 is 12.7. The quantitative estimate of drug-likeness (QED) is 0.593. The topological polar surface area (TPSA) is 74.6 Å². The summed E-state index contributed by atoms with van der Waals surface area (Å²) in [6, 6.07) is 11.4. The minimum absolute atomic E-state index is 0.0209. The van der Waals surface area contributed by atoms with Crippen molar-refractivity contribution in [3.8, 4) is 17.3 Å². The monoisotopic (exact) mass is 420 g/mol. The zero-order valence-electron chi connectivity index (χ0n) is 17.4. The van der Waals surface area contributed by atoms with Gasteiger partial charge in [-0.05, 0) is 60.7 Å². The Morgan fingerprint density at radius 3 is 2.81 bits per heavy atom. The second-order valence-corrected chi connectivity index (χ2v) is 7.88. The Labute approximate surface area is 181 Å². The summed E-state index contributed by atoms with van der Waals surface area (Å²) in [4.78, 5) is 22.2. The van der Waals surface area contributed by atoms with E-state index in [-0.39, 0.29) is 12.7 Å². The van der Waals surface area contributed by atoms with Crippen LogP contribution in [-0.4, -0.2) is 58.8 Å². The molecule has 0 saturated carbocycles. The van der Waals surface area contributed by atoms with Gasteiger partial charge in [0.25, 0.3) is 5.91 Å². The molecule has 31 heavy (non-hydrogen) atoms. The van der Waals surface area contributed by atoms with Gasteiger partial charge >= 0.3 is 5.82 Å². The second kappa shape index (κ2) is 8.77. The number of aromatic amines is 1. The molecule has 8 heteroatoms. The number of aromatic nitrogens is 3. The van der Waals surface area contributed by atoms with Crippen LogP contribution in [0.3, 0.4) is 0 Å². The molecule has 5 rings (SSSR count). The van der Waals surface area contributed by atoms with Crippen molar-refractivity contribution in [1.29, 1.82) is 0 Å². The van der Waals surface area contributed by atoms with Crippen LogP contribution in [-0.2, 0) is 6.54 Å². The highest BCUT2D eigenvalue weighted by Gasteiger charge is 2.22. The molecule has 2 aliphatic heterocycles. The van der Waals surface area contributed by atoms with Crippen molar-refractivity contribution in [3.63, 3.8) is 0 Å². The van der Waals surface area contributed by atoms with Gasteiger partial charge in [0.05, 0.1) is 5.56 Å². The number of hydrogen-bond acceptors (Lipinski definition) is 5. The number of pyridine rings is 1. The average Bonchev–Trinajstić information content (AvgIpc) is 3.58. The predicted molar refractivity (Wildman–Crippen MR) is 113 cm³/mol. The summed E-state index contributed by atoms with van der Waals surface area (Å²) in [5, 5.41) is 3.06. The van der Waals surface area contributed by atoms with Crippen LogP contribution in [0.2, 0.25) is 0 Å². The minimum atomic E-state index is -0.0209. The molecular formula is C23H26N5O3+. The number of nitrogens with one attached hydrogen (secondary N) is 1. The Morgan fingerprint density at radius 1 is 1.16 bits per heavy atom. The number of carbonyl (C=O) groups is 1. The van der Waals surface area contributed by atoms with Gasteiger partial charge < -0.3 is 19.3 Å². The standard InChI is InChI=1S/C23H25N5O3/c29-23(19-5-7-22(24-15-19)28-11-3-8-25-28)27(13-12-26-9-1-2-10-26)16-18-4-6-20-21(14-18)31-17-30-20/h3-8,11,14-15H,1-2,9-10,12-13,16-17H2/p+1. The molecule has 1 N–H and O–H groups in total. The number of amides is 1. The molecule has 4 heterocycles. The molecule has 2 aliphatic rings. The van der Waals surface area contributed by atoms with Crippen LogP contribution in [0.25, 0.3) is 5.82 Å². The van der Waals surface area contributed by atoms with Crippen molar-refractivity contribution in [2.24, 2.45) is 0 Å². The molecule has 0 unspecified atom stereocenters. The molecule has 0 spiro atoms. The third kappa shape index (κ3) is 4.39. The van der Waals surface area contributed by atoms with Crippen molar-refractivity contribution >= 4 is 5.91 Å². The fourth-order valence-corrected chi connectivity index (χ4v) is 4.06. The number of carbonyl (C=O) groups excluding carboxylic acids is 1. The summed E-state index contributed by atoms with van der Waals surface area (Å²) >= 11 is 0. The number of fused-ring (bicyclic) bond motifs is 1. The lowest BCUT2D eigenvalue weighted by atomic mass is 10.1. The van der Waals surface area contributed by atoms with Gasteiger partial charge in [-0.3, -0.25) is 4.79 Å². The lowest BCUT2D eigenvalue weighted by molar-refractivity contribution is -0.658. The molecule has 1 fully saturated rings. The first-order chi connectivity index (χ1) is 15.3. The van der Waals surface area contributed by atoms with Crippen LogP contribution in [0.5, 0.6) is 11.5 Å². The molecular weight excluding hydrogens is 394 g/mol. The molecule has 2 aromatic heterocycles. The molecule has 1 aromatic carbocycles. The van der Waals surface area contributed by atoms with E-state index in [1.165, 1.54) is 12.8 Å². The molecule has 160 valence electrons.